The fourth-order valence-corrected chi connectivity index (χ4v) is 1.20. The molecule has 0 aliphatic carbocycles. The summed E-state index contributed by atoms with van der Waals surface area (Å²) >= 11 is 0. The van der Waals surface area contributed by atoms with E-state index in [9.17, 15) is 14.3 Å². The van der Waals surface area contributed by atoms with Crippen LogP contribution in [0.25, 0.3) is 0 Å². The van der Waals surface area contributed by atoms with Crippen LogP contribution in [0.2, 0.25) is 0 Å². The summed E-state index contributed by atoms with van der Waals surface area (Å²) in [6, 6.07) is 0. The maximum absolute atomic E-state index is 10.8. The molecule has 0 spiro atoms. The van der Waals surface area contributed by atoms with Crippen LogP contribution in [0, 0.1) is 0 Å². The molecule has 66 valence electrons. The molecule has 0 aliphatic heterocycles. The molecule has 5 heteroatoms. The first kappa shape index (κ1) is 10.8. The van der Waals surface area contributed by atoms with Crippen molar-refractivity contribution in [2.75, 3.05) is 7.11 Å². The summed E-state index contributed by atoms with van der Waals surface area (Å²) in [5.74, 6) is 0. The van der Waals surface area contributed by atoms with Gasteiger partial charge in [0.1, 0.15) is 0 Å². The quantitative estimate of drug-likeness (QED) is 0.588. The fourth-order valence-electron chi connectivity index (χ4n) is 0.567. The van der Waals surface area contributed by atoms with E-state index in [1.165, 1.54) is 0 Å². The molecule has 4 nitrogen and oxygen atoms in total. The smallest absolute Gasteiger partial charge is 0.203 e. The molecule has 0 N–H and O–H groups in total. The standard InChI is InChI=1S/C6H13O4P/c1-3-4-5-6(7)11(8,9)10-2/h3-5H2,1-2H3,(H,8,9)/p-1. The summed E-state index contributed by atoms with van der Waals surface area (Å²) in [4.78, 5) is 21.4. The Morgan fingerprint density at radius 2 is 2.18 bits per heavy atom. The van der Waals surface area contributed by atoms with E-state index < -0.39 is 13.1 Å². The SMILES string of the molecule is CCCCC(=O)P(=O)([O-])OC. The monoisotopic (exact) mass is 179 g/mol. The number of hydrogen-bond acceptors (Lipinski definition) is 4. The van der Waals surface area contributed by atoms with Gasteiger partial charge in [-0.3, -0.25) is 4.79 Å². The van der Waals surface area contributed by atoms with Gasteiger partial charge in [-0.15, -0.1) is 0 Å². The van der Waals surface area contributed by atoms with E-state index in [0.717, 1.165) is 13.5 Å². The molecule has 0 bridgehead atoms. The minimum absolute atomic E-state index is 0.0606. The summed E-state index contributed by atoms with van der Waals surface area (Å²) in [7, 11) is -3.19. The van der Waals surface area contributed by atoms with Crippen molar-refractivity contribution in [2.24, 2.45) is 0 Å². The van der Waals surface area contributed by atoms with Crippen molar-refractivity contribution in [3.63, 3.8) is 0 Å². The summed E-state index contributed by atoms with van der Waals surface area (Å²) in [6.45, 7) is 1.88. The van der Waals surface area contributed by atoms with Gasteiger partial charge in [-0.1, -0.05) is 13.3 Å². The van der Waals surface area contributed by atoms with Gasteiger partial charge in [-0.25, -0.2) is 0 Å². The van der Waals surface area contributed by atoms with Gasteiger partial charge in [-0.05, 0) is 6.42 Å². The Balaban J connectivity index is 3.93. The van der Waals surface area contributed by atoms with Gasteiger partial charge in [0.05, 0.1) is 0 Å². The zero-order valence-corrected chi connectivity index (χ0v) is 7.60. The first-order valence-electron chi connectivity index (χ1n) is 3.44. The molecule has 0 heterocycles. The third-order valence-corrected chi connectivity index (χ3v) is 2.61. The molecule has 0 saturated carbocycles. The molecule has 0 rings (SSSR count). The van der Waals surface area contributed by atoms with Gasteiger partial charge in [-0.2, -0.15) is 0 Å². The van der Waals surface area contributed by atoms with Crippen LogP contribution in [0.5, 0.6) is 0 Å². The molecular formula is C6H12O4P-. The zero-order valence-electron chi connectivity index (χ0n) is 6.70. The summed E-state index contributed by atoms with van der Waals surface area (Å²) in [5, 5.41) is 0. The molecule has 0 saturated heterocycles. The van der Waals surface area contributed by atoms with Gasteiger partial charge in [0, 0.05) is 13.5 Å². The molecule has 1 unspecified atom stereocenters. The highest BCUT2D eigenvalue weighted by atomic mass is 31.2. The van der Waals surface area contributed by atoms with Gasteiger partial charge in [0.25, 0.3) is 0 Å². The van der Waals surface area contributed by atoms with Crippen LogP contribution < -0.4 is 4.89 Å². The number of carbonyl (C=O) groups is 1. The zero-order chi connectivity index (χ0) is 8.91. The van der Waals surface area contributed by atoms with E-state index in [-0.39, 0.29) is 6.42 Å². The summed E-state index contributed by atoms with van der Waals surface area (Å²) in [6.07, 6.45) is 1.45. The Labute approximate surface area is 66.1 Å². The highest BCUT2D eigenvalue weighted by Crippen LogP contribution is 2.38. The molecular weight excluding hydrogens is 167 g/mol. The predicted molar refractivity (Wildman–Crippen MR) is 39.1 cm³/mol. The second kappa shape index (κ2) is 4.65. The molecule has 0 aromatic carbocycles. The Morgan fingerprint density at radius 1 is 1.64 bits per heavy atom. The largest absolute Gasteiger partial charge is 0.773 e. The predicted octanol–water partition coefficient (Wildman–Crippen LogP) is 0.903. The molecule has 0 aromatic heterocycles. The number of rotatable bonds is 5. The minimum Gasteiger partial charge on any atom is -0.773 e. The van der Waals surface area contributed by atoms with E-state index in [2.05, 4.69) is 4.52 Å². The first-order chi connectivity index (χ1) is 5.04. The second-order valence-corrected chi connectivity index (χ2v) is 4.04. The van der Waals surface area contributed by atoms with Crippen molar-refractivity contribution >= 4 is 13.1 Å². The lowest BCUT2D eigenvalue weighted by molar-refractivity contribution is -0.198. The van der Waals surface area contributed by atoms with Crippen LogP contribution in [-0.2, 0) is 13.9 Å². The molecule has 0 fully saturated rings. The van der Waals surface area contributed by atoms with Crippen molar-refractivity contribution < 1.29 is 18.8 Å². The molecule has 0 amide bonds. The van der Waals surface area contributed by atoms with Crippen molar-refractivity contribution in [3.8, 4) is 0 Å². The average molecular weight is 179 g/mol. The second-order valence-electron chi connectivity index (χ2n) is 2.18. The van der Waals surface area contributed by atoms with Gasteiger partial charge >= 0.3 is 0 Å². The van der Waals surface area contributed by atoms with Crippen LogP contribution in [0.3, 0.4) is 0 Å². The van der Waals surface area contributed by atoms with Crippen molar-refractivity contribution in [1.82, 2.24) is 0 Å². The lowest BCUT2D eigenvalue weighted by Gasteiger charge is -2.18. The van der Waals surface area contributed by atoms with Crippen molar-refractivity contribution in [1.29, 1.82) is 0 Å². The molecule has 0 aliphatic rings. The topological polar surface area (TPSA) is 66.4 Å². The average Bonchev–Trinajstić information content (AvgIpc) is 2.00. The molecule has 11 heavy (non-hydrogen) atoms. The van der Waals surface area contributed by atoms with Crippen LogP contribution in [-0.4, -0.2) is 12.6 Å². The molecule has 1 atom stereocenters. The maximum atomic E-state index is 10.8. The van der Waals surface area contributed by atoms with E-state index >= 15 is 0 Å². The maximum Gasteiger partial charge on any atom is 0.203 e. The fraction of sp³-hybridized carbons (Fsp3) is 0.833. The summed E-state index contributed by atoms with van der Waals surface area (Å²) < 4.78 is 14.7. The summed E-state index contributed by atoms with van der Waals surface area (Å²) in [5.41, 5.74) is -0.804. The van der Waals surface area contributed by atoms with Crippen LogP contribution in [0.1, 0.15) is 26.2 Å². The van der Waals surface area contributed by atoms with Crippen LogP contribution in [0.4, 0.5) is 0 Å². The third kappa shape index (κ3) is 3.65. The number of unbranched alkanes of at least 4 members (excludes halogenated alkanes) is 1. The van der Waals surface area contributed by atoms with E-state index in [4.69, 9.17) is 0 Å². The van der Waals surface area contributed by atoms with Crippen molar-refractivity contribution in [2.45, 2.75) is 26.2 Å². The first-order valence-corrected chi connectivity index (χ1v) is 4.99. The minimum atomic E-state index is -4.18. The van der Waals surface area contributed by atoms with E-state index in [1.807, 2.05) is 6.92 Å². The lowest BCUT2D eigenvalue weighted by Crippen LogP contribution is -2.12. The van der Waals surface area contributed by atoms with E-state index in [1.54, 1.807) is 0 Å². The Bertz CT molecular complexity index is 177. The Hall–Kier alpha value is -0.180. The van der Waals surface area contributed by atoms with Crippen LogP contribution >= 0.6 is 7.60 Å². The van der Waals surface area contributed by atoms with Crippen LogP contribution in [0.15, 0.2) is 0 Å². The number of hydrogen-bond donors (Lipinski definition) is 0. The molecule has 0 radical (unpaired) electrons. The van der Waals surface area contributed by atoms with Crippen molar-refractivity contribution in [3.05, 3.63) is 0 Å². The normalized spacial score (nSPS) is 15.9. The van der Waals surface area contributed by atoms with Gasteiger partial charge in [0.15, 0.2) is 7.60 Å². The highest BCUT2D eigenvalue weighted by molar-refractivity contribution is 7.69. The Morgan fingerprint density at radius 3 is 2.55 bits per heavy atom. The Kier molecular flexibility index (Phi) is 4.57. The van der Waals surface area contributed by atoms with Gasteiger partial charge < -0.3 is 14.0 Å². The third-order valence-electron chi connectivity index (χ3n) is 1.29. The lowest BCUT2D eigenvalue weighted by atomic mass is 10.3. The highest BCUT2D eigenvalue weighted by Gasteiger charge is 2.16. The molecule has 0 aromatic rings. The van der Waals surface area contributed by atoms with Gasteiger partial charge in [0.2, 0.25) is 5.52 Å². The number of carbonyl (C=O) groups excluding carboxylic acids is 1. The van der Waals surface area contributed by atoms with E-state index in [0.29, 0.717) is 6.42 Å².